The van der Waals surface area contributed by atoms with Crippen LogP contribution in [0.2, 0.25) is 0 Å². The summed E-state index contributed by atoms with van der Waals surface area (Å²) >= 11 is 0. The van der Waals surface area contributed by atoms with Gasteiger partial charge in [-0.25, -0.2) is 12.8 Å². The Morgan fingerprint density at radius 3 is 2.02 bits per heavy atom. The minimum absolute atomic E-state index is 0.0297. The largest absolute Gasteiger partial charge is 0.352 e. The lowest BCUT2D eigenvalue weighted by Gasteiger charge is -2.32. The van der Waals surface area contributed by atoms with Crippen LogP contribution in [-0.2, 0) is 32.6 Å². The molecule has 0 aliphatic heterocycles. The van der Waals surface area contributed by atoms with E-state index < -0.39 is 21.9 Å². The zero-order valence-electron chi connectivity index (χ0n) is 23.3. The maximum Gasteiger partial charge on any atom is 0.243 e. The second-order valence-electron chi connectivity index (χ2n) is 9.95. The van der Waals surface area contributed by atoms with Crippen molar-refractivity contribution < 1.29 is 22.4 Å². The van der Waals surface area contributed by atoms with Crippen LogP contribution in [0, 0.1) is 5.82 Å². The summed E-state index contributed by atoms with van der Waals surface area (Å²) in [6, 6.07) is 23.4. The lowest BCUT2D eigenvalue weighted by Crippen LogP contribution is -2.52. The highest BCUT2D eigenvalue weighted by atomic mass is 32.2. The zero-order valence-corrected chi connectivity index (χ0v) is 24.1. The quantitative estimate of drug-likeness (QED) is 0.299. The first-order valence-electron chi connectivity index (χ1n) is 13.5. The van der Waals surface area contributed by atoms with Gasteiger partial charge in [-0.05, 0) is 55.2 Å². The fourth-order valence-corrected chi connectivity index (χ4v) is 5.35. The van der Waals surface area contributed by atoms with Crippen molar-refractivity contribution in [3.8, 4) is 0 Å². The van der Waals surface area contributed by atoms with Crippen LogP contribution in [0.5, 0.6) is 0 Å². The third-order valence-corrected chi connectivity index (χ3v) is 7.93. The molecule has 0 spiro atoms. The first-order valence-corrected chi connectivity index (χ1v) is 15.3. The van der Waals surface area contributed by atoms with Crippen LogP contribution in [0.3, 0.4) is 0 Å². The highest BCUT2D eigenvalue weighted by Crippen LogP contribution is 2.20. The van der Waals surface area contributed by atoms with Gasteiger partial charge in [0.2, 0.25) is 21.8 Å². The second-order valence-corrected chi connectivity index (χ2v) is 11.9. The SMILES string of the molecule is CC[C@H](C)NC(=O)[C@@H](Cc1ccccc1)N(Cc1ccccc1)C(=O)CCCN(c1ccc(F)cc1)S(C)(=O)=O. The maximum atomic E-state index is 13.8. The van der Waals surface area contributed by atoms with E-state index in [4.69, 9.17) is 0 Å². The highest BCUT2D eigenvalue weighted by molar-refractivity contribution is 7.92. The molecule has 7 nitrogen and oxygen atoms in total. The number of rotatable bonds is 14. The van der Waals surface area contributed by atoms with E-state index >= 15 is 0 Å². The van der Waals surface area contributed by atoms with E-state index in [1.54, 1.807) is 4.90 Å². The van der Waals surface area contributed by atoms with E-state index in [0.717, 1.165) is 23.8 Å². The molecule has 0 radical (unpaired) electrons. The fourth-order valence-electron chi connectivity index (χ4n) is 4.39. The molecule has 0 aliphatic carbocycles. The maximum absolute atomic E-state index is 13.8. The normalized spacial score (nSPS) is 12.8. The monoisotopic (exact) mass is 567 g/mol. The van der Waals surface area contributed by atoms with Gasteiger partial charge in [0.15, 0.2) is 0 Å². The Kier molecular flexibility index (Phi) is 11.3. The number of hydrogen-bond acceptors (Lipinski definition) is 4. The summed E-state index contributed by atoms with van der Waals surface area (Å²) in [7, 11) is -3.66. The fraction of sp³-hybridized carbons (Fsp3) is 0.355. The van der Waals surface area contributed by atoms with E-state index in [9.17, 15) is 22.4 Å². The van der Waals surface area contributed by atoms with Crippen LogP contribution in [0.1, 0.15) is 44.2 Å². The third-order valence-electron chi connectivity index (χ3n) is 6.73. The Morgan fingerprint density at radius 1 is 0.900 bits per heavy atom. The molecule has 0 saturated carbocycles. The first-order chi connectivity index (χ1) is 19.1. The molecule has 0 unspecified atom stereocenters. The summed E-state index contributed by atoms with van der Waals surface area (Å²) in [6.45, 7) is 4.19. The van der Waals surface area contributed by atoms with Gasteiger partial charge in [0.25, 0.3) is 0 Å². The van der Waals surface area contributed by atoms with E-state index in [1.807, 2.05) is 74.5 Å². The first kappa shape index (κ1) is 30.8. The number of nitrogens with one attached hydrogen (secondary N) is 1. The van der Waals surface area contributed by atoms with Crippen LogP contribution < -0.4 is 9.62 Å². The van der Waals surface area contributed by atoms with E-state index in [-0.39, 0.29) is 43.8 Å². The summed E-state index contributed by atoms with van der Waals surface area (Å²) in [5.74, 6) is -0.952. The number of anilines is 1. The van der Waals surface area contributed by atoms with Crippen LogP contribution in [-0.4, -0.2) is 50.0 Å². The second kappa shape index (κ2) is 14.6. The summed E-state index contributed by atoms with van der Waals surface area (Å²) < 4.78 is 39.6. The molecule has 0 aliphatic rings. The van der Waals surface area contributed by atoms with Gasteiger partial charge in [0.1, 0.15) is 11.9 Å². The molecule has 214 valence electrons. The van der Waals surface area contributed by atoms with Crippen molar-refractivity contribution in [3.05, 3.63) is 102 Å². The number of sulfonamides is 1. The van der Waals surface area contributed by atoms with Crippen molar-refractivity contribution in [2.75, 3.05) is 17.1 Å². The molecule has 2 amide bonds. The van der Waals surface area contributed by atoms with E-state index in [1.165, 1.54) is 28.6 Å². The van der Waals surface area contributed by atoms with Crippen molar-refractivity contribution in [1.82, 2.24) is 10.2 Å². The molecule has 3 rings (SSSR count). The number of hydrogen-bond donors (Lipinski definition) is 1. The molecule has 0 saturated heterocycles. The van der Waals surface area contributed by atoms with Crippen LogP contribution in [0.15, 0.2) is 84.9 Å². The van der Waals surface area contributed by atoms with Crippen LogP contribution >= 0.6 is 0 Å². The van der Waals surface area contributed by atoms with Crippen molar-refractivity contribution in [2.45, 2.75) is 58.2 Å². The topological polar surface area (TPSA) is 86.8 Å². The molecule has 0 fully saturated rings. The van der Waals surface area contributed by atoms with Gasteiger partial charge >= 0.3 is 0 Å². The summed E-state index contributed by atoms with van der Waals surface area (Å²) in [5.41, 5.74) is 2.14. The van der Waals surface area contributed by atoms with Crippen molar-refractivity contribution >= 4 is 27.5 Å². The van der Waals surface area contributed by atoms with Gasteiger partial charge < -0.3 is 10.2 Å². The van der Waals surface area contributed by atoms with Gasteiger partial charge in [-0.15, -0.1) is 0 Å². The Labute approximate surface area is 237 Å². The predicted octanol–water partition coefficient (Wildman–Crippen LogP) is 4.93. The molecular weight excluding hydrogens is 529 g/mol. The number of carbonyl (C=O) groups excluding carboxylic acids is 2. The molecule has 40 heavy (non-hydrogen) atoms. The molecule has 3 aromatic rings. The summed E-state index contributed by atoms with van der Waals surface area (Å²) in [4.78, 5) is 28.9. The van der Waals surface area contributed by atoms with Crippen LogP contribution in [0.25, 0.3) is 0 Å². The molecule has 0 bridgehead atoms. The van der Waals surface area contributed by atoms with E-state index in [2.05, 4.69) is 5.32 Å². The van der Waals surface area contributed by atoms with Crippen molar-refractivity contribution in [3.63, 3.8) is 0 Å². The van der Waals surface area contributed by atoms with E-state index in [0.29, 0.717) is 12.1 Å². The van der Waals surface area contributed by atoms with Crippen molar-refractivity contribution in [2.24, 2.45) is 0 Å². The van der Waals surface area contributed by atoms with Gasteiger partial charge in [0.05, 0.1) is 11.9 Å². The Bertz CT molecular complexity index is 1340. The third kappa shape index (κ3) is 9.19. The Hall–Kier alpha value is -3.72. The van der Waals surface area contributed by atoms with Crippen LogP contribution in [0.4, 0.5) is 10.1 Å². The number of nitrogens with zero attached hydrogens (tertiary/aromatic N) is 2. The molecule has 9 heteroatoms. The molecule has 3 aromatic carbocycles. The number of halogens is 1. The summed E-state index contributed by atoms with van der Waals surface area (Å²) in [6.07, 6.45) is 2.42. The van der Waals surface area contributed by atoms with Gasteiger partial charge in [0, 0.05) is 32.0 Å². The molecule has 1 N–H and O–H groups in total. The van der Waals surface area contributed by atoms with Gasteiger partial charge in [-0.1, -0.05) is 67.6 Å². The van der Waals surface area contributed by atoms with Crippen molar-refractivity contribution in [1.29, 1.82) is 0 Å². The number of amides is 2. The minimum Gasteiger partial charge on any atom is -0.352 e. The Balaban J connectivity index is 1.86. The lowest BCUT2D eigenvalue weighted by atomic mass is 10.0. The van der Waals surface area contributed by atoms with Gasteiger partial charge in [-0.2, -0.15) is 0 Å². The standard InChI is InChI=1S/C31H38FN3O4S/c1-4-24(2)33-31(37)29(22-25-12-7-5-8-13-25)34(23-26-14-9-6-10-15-26)30(36)16-11-21-35(40(3,38)39)28-19-17-27(32)18-20-28/h5-10,12-15,17-20,24,29H,4,11,16,21-23H2,1-3H3,(H,33,37)/t24-,29+/m0/s1. The zero-order chi connectivity index (χ0) is 29.1. The number of carbonyl (C=O) groups is 2. The Morgan fingerprint density at radius 2 is 1.48 bits per heavy atom. The lowest BCUT2D eigenvalue weighted by molar-refractivity contribution is -0.141. The average Bonchev–Trinajstić information content (AvgIpc) is 2.94. The summed E-state index contributed by atoms with van der Waals surface area (Å²) in [5, 5.41) is 3.04. The molecular formula is C31H38FN3O4S. The highest BCUT2D eigenvalue weighted by Gasteiger charge is 2.31. The predicted molar refractivity (Wildman–Crippen MR) is 157 cm³/mol. The van der Waals surface area contributed by atoms with Gasteiger partial charge in [-0.3, -0.25) is 13.9 Å². The molecule has 0 aromatic heterocycles. The molecule has 2 atom stereocenters. The molecule has 0 heterocycles. The smallest absolute Gasteiger partial charge is 0.243 e. The number of benzene rings is 3. The minimum atomic E-state index is -3.66. The average molecular weight is 568 g/mol.